The lowest BCUT2D eigenvalue weighted by Gasteiger charge is -2.41. The molecule has 3 amide bonds. The van der Waals surface area contributed by atoms with Crippen LogP contribution in [0.4, 0.5) is 10.5 Å². The second-order valence-electron chi connectivity index (χ2n) is 9.85. The van der Waals surface area contributed by atoms with Gasteiger partial charge in [0.15, 0.2) is 0 Å². The van der Waals surface area contributed by atoms with Crippen molar-refractivity contribution in [1.82, 2.24) is 14.7 Å². The number of likely N-dealkylation sites (tertiary alicyclic amines) is 1. The zero-order valence-electron chi connectivity index (χ0n) is 20.1. The number of nitrogens with zero attached hydrogens (tertiary/aromatic N) is 3. The molecule has 3 fully saturated rings. The number of carbonyl (C=O) groups excluding carboxylic acids is 2. The van der Waals surface area contributed by atoms with Gasteiger partial charge in [0.05, 0.1) is 13.8 Å². The van der Waals surface area contributed by atoms with Crippen molar-refractivity contribution in [2.45, 2.75) is 43.6 Å². The molecule has 1 spiro atoms. The predicted molar refractivity (Wildman–Crippen MR) is 132 cm³/mol. The molecule has 0 atom stereocenters. The largest absolute Gasteiger partial charge is 0.497 e. The summed E-state index contributed by atoms with van der Waals surface area (Å²) in [6.45, 7) is 2.48. The Morgan fingerprint density at radius 2 is 1.74 bits per heavy atom. The summed E-state index contributed by atoms with van der Waals surface area (Å²) < 4.78 is 5.22. The molecular weight excluding hydrogens is 428 g/mol. The monoisotopic (exact) mass is 462 g/mol. The van der Waals surface area contributed by atoms with Crippen LogP contribution in [0.5, 0.6) is 5.75 Å². The van der Waals surface area contributed by atoms with Crippen LogP contribution in [0.1, 0.15) is 42.7 Å². The first kappa shape index (κ1) is 22.7. The van der Waals surface area contributed by atoms with Crippen LogP contribution >= 0.6 is 0 Å². The first-order valence-corrected chi connectivity index (χ1v) is 12.3. The third kappa shape index (κ3) is 4.49. The first-order chi connectivity index (χ1) is 16.5. The summed E-state index contributed by atoms with van der Waals surface area (Å²) in [6, 6.07) is 16.1. The Morgan fingerprint density at radius 1 is 1.06 bits per heavy atom. The van der Waals surface area contributed by atoms with Crippen molar-refractivity contribution in [2.24, 2.45) is 0 Å². The van der Waals surface area contributed by atoms with Gasteiger partial charge in [-0.15, -0.1) is 0 Å². The number of nitrogens with one attached hydrogen (secondary N) is 1. The van der Waals surface area contributed by atoms with Gasteiger partial charge in [0, 0.05) is 25.3 Å². The zero-order chi connectivity index (χ0) is 23.7. The van der Waals surface area contributed by atoms with Gasteiger partial charge in [-0.1, -0.05) is 24.3 Å². The molecule has 0 aromatic heterocycles. The van der Waals surface area contributed by atoms with Crippen molar-refractivity contribution in [3.63, 3.8) is 0 Å². The van der Waals surface area contributed by atoms with Crippen LogP contribution in [-0.4, -0.2) is 72.6 Å². The lowest BCUT2D eigenvalue weighted by Crippen LogP contribution is -2.56. The average Bonchev–Trinajstić information content (AvgIpc) is 3.69. The van der Waals surface area contributed by atoms with E-state index in [0.717, 1.165) is 17.9 Å². The minimum Gasteiger partial charge on any atom is -0.497 e. The van der Waals surface area contributed by atoms with E-state index in [1.807, 2.05) is 41.1 Å². The molecule has 2 aromatic carbocycles. The highest BCUT2D eigenvalue weighted by Gasteiger charge is 2.52. The molecule has 2 aliphatic heterocycles. The number of likely N-dealkylation sites (N-methyl/N-ethyl adjacent to an activating group) is 1. The molecule has 0 bridgehead atoms. The molecule has 180 valence electrons. The summed E-state index contributed by atoms with van der Waals surface area (Å²) in [7, 11) is 3.69. The molecule has 7 nitrogen and oxygen atoms in total. The highest BCUT2D eigenvalue weighted by atomic mass is 16.5. The van der Waals surface area contributed by atoms with Gasteiger partial charge in [-0.3, -0.25) is 9.69 Å². The molecule has 0 radical (unpaired) electrons. The van der Waals surface area contributed by atoms with Crippen molar-refractivity contribution >= 4 is 17.6 Å². The number of benzene rings is 2. The van der Waals surface area contributed by atoms with Crippen molar-refractivity contribution < 1.29 is 14.3 Å². The van der Waals surface area contributed by atoms with E-state index in [1.54, 1.807) is 7.11 Å². The van der Waals surface area contributed by atoms with Gasteiger partial charge in [-0.25, -0.2) is 4.79 Å². The molecule has 1 N–H and O–H groups in total. The fraction of sp³-hybridized carbons (Fsp3) is 0.481. The molecule has 3 aliphatic rings. The standard InChI is InChI=1S/C27H34N4O3/c1-29-19-31(16-13-20-3-11-24(34-2)12-4-20)25(32)27(29)14-17-30(18-15-27)26(33)28-23-9-7-22(8-10-23)21-5-6-21/h3-4,7-12,21H,5-6,13-19H2,1-2H3,(H,28,33). The smallest absolute Gasteiger partial charge is 0.321 e. The molecule has 2 aromatic rings. The quantitative estimate of drug-likeness (QED) is 0.707. The zero-order valence-corrected chi connectivity index (χ0v) is 20.1. The van der Waals surface area contributed by atoms with Crippen molar-refractivity contribution in [3.05, 3.63) is 59.7 Å². The number of ether oxygens (including phenoxy) is 1. The van der Waals surface area contributed by atoms with Crippen molar-refractivity contribution in [2.75, 3.05) is 45.8 Å². The third-order valence-corrected chi connectivity index (χ3v) is 7.72. The van der Waals surface area contributed by atoms with Crippen LogP contribution in [0.15, 0.2) is 48.5 Å². The Bertz CT molecular complexity index is 1020. The van der Waals surface area contributed by atoms with E-state index in [2.05, 4.69) is 34.5 Å². The molecule has 2 saturated heterocycles. The summed E-state index contributed by atoms with van der Waals surface area (Å²) in [5, 5.41) is 3.02. The van der Waals surface area contributed by atoms with Gasteiger partial charge in [-0.2, -0.15) is 0 Å². The highest BCUT2D eigenvalue weighted by molar-refractivity contribution is 5.91. The van der Waals surface area contributed by atoms with E-state index in [4.69, 9.17) is 4.74 Å². The van der Waals surface area contributed by atoms with E-state index in [9.17, 15) is 9.59 Å². The maximum absolute atomic E-state index is 13.4. The SMILES string of the molecule is COc1ccc(CCN2CN(C)C3(CCN(C(=O)Nc4ccc(C5CC5)cc4)CC3)C2=O)cc1. The van der Waals surface area contributed by atoms with Crippen LogP contribution in [0.25, 0.3) is 0 Å². The van der Waals surface area contributed by atoms with E-state index in [1.165, 1.54) is 24.0 Å². The maximum atomic E-state index is 13.4. The lowest BCUT2D eigenvalue weighted by molar-refractivity contribution is -0.135. The molecular formula is C27H34N4O3. The molecule has 1 saturated carbocycles. The van der Waals surface area contributed by atoms with Crippen LogP contribution in [0.2, 0.25) is 0 Å². The van der Waals surface area contributed by atoms with Crippen LogP contribution in [-0.2, 0) is 11.2 Å². The Hall–Kier alpha value is -3.06. The molecule has 34 heavy (non-hydrogen) atoms. The number of carbonyl (C=O) groups is 2. The summed E-state index contributed by atoms with van der Waals surface area (Å²) >= 11 is 0. The fourth-order valence-corrected chi connectivity index (χ4v) is 5.27. The minimum absolute atomic E-state index is 0.0847. The Kier molecular flexibility index (Phi) is 6.21. The number of piperidine rings is 1. The van der Waals surface area contributed by atoms with E-state index in [-0.39, 0.29) is 11.9 Å². The second kappa shape index (κ2) is 9.29. The molecule has 5 rings (SSSR count). The lowest BCUT2D eigenvalue weighted by atomic mass is 9.86. The number of amides is 3. The summed E-state index contributed by atoms with van der Waals surface area (Å²) in [4.78, 5) is 32.2. The minimum atomic E-state index is -0.497. The Labute approximate surface area is 201 Å². The van der Waals surface area contributed by atoms with Crippen LogP contribution in [0.3, 0.4) is 0 Å². The summed E-state index contributed by atoms with van der Waals surface area (Å²) in [5.41, 5.74) is 2.88. The molecule has 0 unspecified atom stereocenters. The maximum Gasteiger partial charge on any atom is 0.321 e. The Morgan fingerprint density at radius 3 is 2.35 bits per heavy atom. The number of anilines is 1. The van der Waals surface area contributed by atoms with E-state index >= 15 is 0 Å². The van der Waals surface area contributed by atoms with Crippen LogP contribution in [0, 0.1) is 0 Å². The average molecular weight is 463 g/mol. The molecule has 1 aliphatic carbocycles. The van der Waals surface area contributed by atoms with E-state index < -0.39 is 5.54 Å². The van der Waals surface area contributed by atoms with Gasteiger partial charge < -0.3 is 19.9 Å². The molecule has 2 heterocycles. The fourth-order valence-electron chi connectivity index (χ4n) is 5.27. The summed E-state index contributed by atoms with van der Waals surface area (Å²) in [6.07, 6.45) is 4.68. The van der Waals surface area contributed by atoms with Gasteiger partial charge in [0.2, 0.25) is 5.91 Å². The number of methoxy groups -OCH3 is 1. The highest BCUT2D eigenvalue weighted by Crippen LogP contribution is 2.40. The Balaban J connectivity index is 1.14. The molecule has 7 heteroatoms. The predicted octanol–water partition coefficient (Wildman–Crippen LogP) is 3.91. The topological polar surface area (TPSA) is 65.1 Å². The van der Waals surface area contributed by atoms with Gasteiger partial charge in [0.25, 0.3) is 0 Å². The van der Waals surface area contributed by atoms with Crippen molar-refractivity contribution in [1.29, 1.82) is 0 Å². The van der Waals surface area contributed by atoms with E-state index in [0.29, 0.717) is 45.1 Å². The van der Waals surface area contributed by atoms with Crippen molar-refractivity contribution in [3.8, 4) is 5.75 Å². The normalized spacial score (nSPS) is 20.1. The number of hydrogen-bond acceptors (Lipinski definition) is 4. The second-order valence-corrected chi connectivity index (χ2v) is 9.85. The third-order valence-electron chi connectivity index (χ3n) is 7.72. The number of rotatable bonds is 6. The number of urea groups is 1. The first-order valence-electron chi connectivity index (χ1n) is 12.3. The van der Waals surface area contributed by atoms with Crippen LogP contribution < -0.4 is 10.1 Å². The van der Waals surface area contributed by atoms with Gasteiger partial charge in [0.1, 0.15) is 11.3 Å². The van der Waals surface area contributed by atoms with Gasteiger partial charge in [-0.05, 0) is 80.5 Å². The summed E-state index contributed by atoms with van der Waals surface area (Å²) in [5.74, 6) is 1.74. The van der Waals surface area contributed by atoms with Gasteiger partial charge >= 0.3 is 6.03 Å². The number of hydrogen-bond donors (Lipinski definition) is 1.